The lowest BCUT2D eigenvalue weighted by Gasteiger charge is -2.03. The van der Waals surface area contributed by atoms with Crippen molar-refractivity contribution >= 4 is 13.3 Å². The van der Waals surface area contributed by atoms with E-state index in [0.717, 1.165) is 0 Å². The van der Waals surface area contributed by atoms with Gasteiger partial charge in [0.05, 0.1) is 6.61 Å². The van der Waals surface area contributed by atoms with Gasteiger partial charge in [0.2, 0.25) is 0 Å². The summed E-state index contributed by atoms with van der Waals surface area (Å²) in [5.74, 6) is 0.381. The minimum absolute atomic E-state index is 0.212. The molecule has 0 aliphatic carbocycles. The van der Waals surface area contributed by atoms with Gasteiger partial charge in [0.1, 0.15) is 19.4 Å². The lowest BCUT2D eigenvalue weighted by atomic mass is 9.96. The number of rotatable bonds is 2. The molecular weight excluding hydrogens is 142 g/mol. The van der Waals surface area contributed by atoms with Crippen LogP contribution in [0.4, 0.5) is 4.39 Å². The fourth-order valence-electron chi connectivity index (χ4n) is 0.830. The Kier molecular flexibility index (Phi) is 2.52. The first-order valence-electron chi connectivity index (χ1n) is 3.63. The van der Waals surface area contributed by atoms with Gasteiger partial charge in [-0.25, -0.2) is 4.39 Å². The third-order valence-electron chi connectivity index (χ3n) is 1.45. The Morgan fingerprint density at radius 3 is 2.82 bits per heavy atom. The minimum atomic E-state index is -0.212. The van der Waals surface area contributed by atoms with Crippen LogP contribution >= 0.6 is 0 Å². The van der Waals surface area contributed by atoms with E-state index in [4.69, 9.17) is 4.74 Å². The Bertz CT molecular complexity index is 250. The quantitative estimate of drug-likeness (QED) is 0.560. The van der Waals surface area contributed by atoms with E-state index >= 15 is 0 Å². The summed E-state index contributed by atoms with van der Waals surface area (Å²) in [6.07, 6.45) is 0. The van der Waals surface area contributed by atoms with Crippen LogP contribution in [0.1, 0.15) is 6.92 Å². The van der Waals surface area contributed by atoms with Gasteiger partial charge in [-0.1, -0.05) is 11.5 Å². The zero-order valence-electron chi connectivity index (χ0n) is 6.73. The van der Waals surface area contributed by atoms with E-state index in [1.165, 1.54) is 6.07 Å². The number of hydrogen-bond acceptors (Lipinski definition) is 1. The summed E-state index contributed by atoms with van der Waals surface area (Å²) in [5, 5.41) is 0. The molecular formula is C8H10BFO. The smallest absolute Gasteiger partial charge is 0.143 e. The van der Waals surface area contributed by atoms with Crippen molar-refractivity contribution in [1.82, 2.24) is 0 Å². The minimum Gasteiger partial charge on any atom is -0.494 e. The van der Waals surface area contributed by atoms with Gasteiger partial charge in [0, 0.05) is 6.07 Å². The van der Waals surface area contributed by atoms with E-state index in [-0.39, 0.29) is 5.82 Å². The van der Waals surface area contributed by atoms with Crippen molar-refractivity contribution in [3.8, 4) is 5.75 Å². The van der Waals surface area contributed by atoms with Crippen molar-refractivity contribution in [1.29, 1.82) is 0 Å². The second-order valence-electron chi connectivity index (χ2n) is 2.34. The second-order valence-corrected chi connectivity index (χ2v) is 2.34. The van der Waals surface area contributed by atoms with Crippen LogP contribution in [0.25, 0.3) is 0 Å². The van der Waals surface area contributed by atoms with Gasteiger partial charge in [0.25, 0.3) is 0 Å². The maximum absolute atomic E-state index is 12.8. The average molecular weight is 152 g/mol. The van der Waals surface area contributed by atoms with Gasteiger partial charge in [0.15, 0.2) is 0 Å². The van der Waals surface area contributed by atoms with Crippen molar-refractivity contribution in [2.45, 2.75) is 6.92 Å². The van der Waals surface area contributed by atoms with Gasteiger partial charge < -0.3 is 4.74 Å². The molecule has 0 unspecified atom stereocenters. The highest BCUT2D eigenvalue weighted by Gasteiger charge is 1.97. The third-order valence-corrected chi connectivity index (χ3v) is 1.45. The molecule has 0 aliphatic heterocycles. The molecule has 3 heteroatoms. The molecule has 0 fully saturated rings. The van der Waals surface area contributed by atoms with Crippen molar-refractivity contribution < 1.29 is 9.13 Å². The van der Waals surface area contributed by atoms with Crippen LogP contribution in [0.3, 0.4) is 0 Å². The van der Waals surface area contributed by atoms with Crippen LogP contribution in [0.2, 0.25) is 0 Å². The molecule has 1 aromatic rings. The standard InChI is InChI=1S/C8H10BFO/c1-2-11-6-3-4-7(9)8(10)5-6/h3-5H,2,9H2,1H3. The number of ether oxygens (including phenoxy) is 1. The number of hydrogen-bond donors (Lipinski definition) is 0. The first kappa shape index (κ1) is 8.11. The van der Waals surface area contributed by atoms with E-state index in [2.05, 4.69) is 0 Å². The van der Waals surface area contributed by atoms with Gasteiger partial charge in [-0.2, -0.15) is 0 Å². The SMILES string of the molecule is Bc1ccc(OCC)cc1F. The summed E-state index contributed by atoms with van der Waals surface area (Å²) >= 11 is 0. The fourth-order valence-corrected chi connectivity index (χ4v) is 0.830. The van der Waals surface area contributed by atoms with Crippen LogP contribution in [-0.2, 0) is 0 Å². The molecule has 1 aromatic carbocycles. The average Bonchev–Trinajstić information content (AvgIpc) is 1.98. The van der Waals surface area contributed by atoms with Crippen LogP contribution in [0.15, 0.2) is 18.2 Å². The van der Waals surface area contributed by atoms with Crippen LogP contribution < -0.4 is 10.2 Å². The lowest BCUT2D eigenvalue weighted by molar-refractivity contribution is 0.338. The number of halogens is 1. The first-order chi connectivity index (χ1) is 5.24. The lowest BCUT2D eigenvalue weighted by Crippen LogP contribution is -2.07. The van der Waals surface area contributed by atoms with Gasteiger partial charge in [-0.3, -0.25) is 0 Å². The molecule has 0 atom stereocenters. The Labute approximate surface area is 66.6 Å². The zero-order valence-corrected chi connectivity index (χ0v) is 6.73. The molecule has 0 bridgehead atoms. The number of benzene rings is 1. The van der Waals surface area contributed by atoms with E-state index in [1.54, 1.807) is 20.0 Å². The van der Waals surface area contributed by atoms with Gasteiger partial charge in [-0.05, 0) is 13.0 Å². The largest absolute Gasteiger partial charge is 0.494 e. The topological polar surface area (TPSA) is 9.23 Å². The highest BCUT2D eigenvalue weighted by Crippen LogP contribution is 2.09. The Balaban J connectivity index is 2.86. The summed E-state index contributed by atoms with van der Waals surface area (Å²) in [5.41, 5.74) is 0.647. The normalized spacial score (nSPS) is 9.64. The maximum atomic E-state index is 12.8. The predicted molar refractivity (Wildman–Crippen MR) is 45.7 cm³/mol. The molecule has 0 aliphatic rings. The maximum Gasteiger partial charge on any atom is 0.143 e. The highest BCUT2D eigenvalue weighted by atomic mass is 19.1. The van der Waals surface area contributed by atoms with Gasteiger partial charge in [-0.15, -0.1) is 0 Å². The fraction of sp³-hybridized carbons (Fsp3) is 0.250. The first-order valence-corrected chi connectivity index (χ1v) is 3.63. The van der Waals surface area contributed by atoms with Crippen molar-refractivity contribution in [2.75, 3.05) is 6.61 Å². The molecule has 0 saturated heterocycles. The van der Waals surface area contributed by atoms with Crippen molar-refractivity contribution in [3.63, 3.8) is 0 Å². The molecule has 0 aromatic heterocycles. The van der Waals surface area contributed by atoms with E-state index in [0.29, 0.717) is 17.8 Å². The highest BCUT2D eigenvalue weighted by molar-refractivity contribution is 6.32. The Hall–Kier alpha value is -0.985. The molecule has 0 radical (unpaired) electrons. The summed E-state index contributed by atoms with van der Waals surface area (Å²) in [7, 11) is 1.73. The molecule has 1 rings (SSSR count). The monoisotopic (exact) mass is 152 g/mol. The molecule has 0 spiro atoms. The zero-order chi connectivity index (χ0) is 8.27. The van der Waals surface area contributed by atoms with Crippen LogP contribution in [0, 0.1) is 5.82 Å². The Morgan fingerprint density at radius 1 is 1.55 bits per heavy atom. The van der Waals surface area contributed by atoms with Crippen LogP contribution in [-0.4, -0.2) is 14.5 Å². The predicted octanol–water partition coefficient (Wildman–Crippen LogP) is 0.483. The molecule has 0 N–H and O–H groups in total. The molecule has 58 valence electrons. The summed E-state index contributed by atoms with van der Waals surface area (Å²) < 4.78 is 17.9. The van der Waals surface area contributed by atoms with E-state index in [1.807, 2.05) is 6.92 Å². The summed E-state index contributed by atoms with van der Waals surface area (Å²) in [6, 6.07) is 4.88. The molecule has 11 heavy (non-hydrogen) atoms. The molecule has 0 amide bonds. The van der Waals surface area contributed by atoms with Crippen molar-refractivity contribution in [2.24, 2.45) is 0 Å². The van der Waals surface area contributed by atoms with E-state index in [9.17, 15) is 4.39 Å². The summed E-state index contributed by atoms with van der Waals surface area (Å²) in [4.78, 5) is 0. The van der Waals surface area contributed by atoms with Gasteiger partial charge >= 0.3 is 0 Å². The molecule has 0 saturated carbocycles. The molecule has 0 heterocycles. The van der Waals surface area contributed by atoms with Crippen LogP contribution in [0.5, 0.6) is 5.75 Å². The second kappa shape index (κ2) is 3.42. The third kappa shape index (κ3) is 1.97. The van der Waals surface area contributed by atoms with Crippen molar-refractivity contribution in [3.05, 3.63) is 24.0 Å². The molecule has 1 nitrogen and oxygen atoms in total. The Morgan fingerprint density at radius 2 is 2.27 bits per heavy atom. The van der Waals surface area contributed by atoms with E-state index < -0.39 is 0 Å². The summed E-state index contributed by atoms with van der Waals surface area (Å²) in [6.45, 7) is 2.44.